The number of amides is 1. The van der Waals surface area contributed by atoms with Crippen molar-refractivity contribution >= 4 is 5.91 Å². The van der Waals surface area contributed by atoms with Crippen LogP contribution in [0, 0.1) is 11.8 Å². The van der Waals surface area contributed by atoms with Gasteiger partial charge in [0.25, 0.3) is 0 Å². The molecule has 3 heteroatoms. The van der Waals surface area contributed by atoms with E-state index >= 15 is 0 Å². The van der Waals surface area contributed by atoms with E-state index in [1.807, 2.05) is 12.1 Å². The SMILES string of the molecule is CC1CC(NC(=O)CCc2ccc(O)cc2)CC1Cc1ccccc1. The molecule has 0 spiro atoms. The quantitative estimate of drug-likeness (QED) is 0.834. The van der Waals surface area contributed by atoms with Crippen LogP contribution in [0.2, 0.25) is 0 Å². The van der Waals surface area contributed by atoms with Gasteiger partial charge in [-0.15, -0.1) is 0 Å². The maximum absolute atomic E-state index is 12.3. The zero-order valence-corrected chi connectivity index (χ0v) is 14.8. The van der Waals surface area contributed by atoms with Gasteiger partial charge in [-0.3, -0.25) is 4.79 Å². The van der Waals surface area contributed by atoms with Crippen LogP contribution in [0.5, 0.6) is 5.75 Å². The molecule has 132 valence electrons. The van der Waals surface area contributed by atoms with Crippen molar-refractivity contribution in [1.29, 1.82) is 0 Å². The summed E-state index contributed by atoms with van der Waals surface area (Å²) in [6.07, 6.45) is 4.45. The fraction of sp³-hybridized carbons (Fsp3) is 0.409. The fourth-order valence-corrected chi connectivity index (χ4v) is 3.87. The second kappa shape index (κ2) is 8.19. The molecule has 0 aromatic heterocycles. The molecule has 3 unspecified atom stereocenters. The zero-order chi connectivity index (χ0) is 17.6. The maximum atomic E-state index is 12.3. The van der Waals surface area contributed by atoms with E-state index in [1.54, 1.807) is 12.1 Å². The average Bonchev–Trinajstić information content (AvgIpc) is 2.94. The van der Waals surface area contributed by atoms with E-state index in [0.29, 0.717) is 30.7 Å². The van der Waals surface area contributed by atoms with Gasteiger partial charge in [-0.05, 0) is 60.8 Å². The van der Waals surface area contributed by atoms with Crippen molar-refractivity contribution in [2.75, 3.05) is 0 Å². The van der Waals surface area contributed by atoms with Crippen molar-refractivity contribution < 1.29 is 9.90 Å². The molecule has 1 amide bonds. The molecule has 2 aromatic carbocycles. The van der Waals surface area contributed by atoms with Gasteiger partial charge in [-0.2, -0.15) is 0 Å². The molecule has 1 aliphatic rings. The van der Waals surface area contributed by atoms with E-state index in [0.717, 1.165) is 24.8 Å². The van der Waals surface area contributed by atoms with Crippen LogP contribution in [0.1, 0.15) is 37.3 Å². The van der Waals surface area contributed by atoms with Gasteiger partial charge >= 0.3 is 0 Å². The number of rotatable bonds is 6. The van der Waals surface area contributed by atoms with Gasteiger partial charge in [0.15, 0.2) is 0 Å². The Morgan fingerprint density at radius 2 is 1.76 bits per heavy atom. The second-order valence-corrected chi connectivity index (χ2v) is 7.33. The van der Waals surface area contributed by atoms with E-state index in [2.05, 4.69) is 42.6 Å². The first-order valence-corrected chi connectivity index (χ1v) is 9.21. The van der Waals surface area contributed by atoms with Gasteiger partial charge < -0.3 is 10.4 Å². The summed E-state index contributed by atoms with van der Waals surface area (Å²) in [5.41, 5.74) is 2.47. The average molecular weight is 337 g/mol. The molecule has 0 aliphatic heterocycles. The summed E-state index contributed by atoms with van der Waals surface area (Å²) in [5.74, 6) is 1.68. The number of nitrogens with one attached hydrogen (secondary N) is 1. The number of aryl methyl sites for hydroxylation is 1. The first-order chi connectivity index (χ1) is 12.1. The lowest BCUT2D eigenvalue weighted by molar-refractivity contribution is -0.121. The summed E-state index contributed by atoms with van der Waals surface area (Å²) in [7, 11) is 0. The van der Waals surface area contributed by atoms with Gasteiger partial charge in [0.05, 0.1) is 0 Å². The Morgan fingerprint density at radius 3 is 2.48 bits per heavy atom. The van der Waals surface area contributed by atoms with Gasteiger partial charge in [-0.25, -0.2) is 0 Å². The van der Waals surface area contributed by atoms with Crippen LogP contribution in [-0.4, -0.2) is 17.1 Å². The minimum Gasteiger partial charge on any atom is -0.508 e. The van der Waals surface area contributed by atoms with Gasteiger partial charge in [0.2, 0.25) is 5.91 Å². The molecule has 3 nitrogen and oxygen atoms in total. The summed E-state index contributed by atoms with van der Waals surface area (Å²) in [5, 5.41) is 12.5. The lowest BCUT2D eigenvalue weighted by Crippen LogP contribution is -2.33. The van der Waals surface area contributed by atoms with Crippen LogP contribution >= 0.6 is 0 Å². The second-order valence-electron chi connectivity index (χ2n) is 7.33. The molecule has 0 heterocycles. The fourth-order valence-electron chi connectivity index (χ4n) is 3.87. The predicted octanol–water partition coefficient (Wildman–Crippen LogP) is 4.10. The van der Waals surface area contributed by atoms with E-state index in [4.69, 9.17) is 0 Å². The Labute approximate surface area is 150 Å². The van der Waals surface area contributed by atoms with Crippen LogP contribution in [0.4, 0.5) is 0 Å². The number of phenols is 1. The lowest BCUT2D eigenvalue weighted by atomic mass is 9.91. The molecule has 1 aliphatic carbocycles. The Balaban J connectivity index is 1.45. The standard InChI is InChI=1S/C22H27NO2/c1-16-13-20(15-19(16)14-18-5-3-2-4-6-18)23-22(25)12-9-17-7-10-21(24)11-8-17/h2-8,10-11,16,19-20,24H,9,12-15H2,1H3,(H,23,25). The van der Waals surface area contributed by atoms with E-state index in [9.17, 15) is 9.90 Å². The summed E-state index contributed by atoms with van der Waals surface area (Å²) in [6, 6.07) is 18.0. The summed E-state index contributed by atoms with van der Waals surface area (Å²) < 4.78 is 0. The summed E-state index contributed by atoms with van der Waals surface area (Å²) >= 11 is 0. The minimum absolute atomic E-state index is 0.130. The number of benzene rings is 2. The Bertz CT molecular complexity index is 681. The Morgan fingerprint density at radius 1 is 1.04 bits per heavy atom. The van der Waals surface area contributed by atoms with Gasteiger partial charge in [0.1, 0.15) is 5.75 Å². The third-order valence-electron chi connectivity index (χ3n) is 5.33. The monoisotopic (exact) mass is 337 g/mol. The topological polar surface area (TPSA) is 49.3 Å². The van der Waals surface area contributed by atoms with Crippen molar-refractivity contribution in [2.45, 2.75) is 45.1 Å². The van der Waals surface area contributed by atoms with Crippen LogP contribution in [0.15, 0.2) is 54.6 Å². The van der Waals surface area contributed by atoms with Gasteiger partial charge in [0, 0.05) is 12.5 Å². The highest BCUT2D eigenvalue weighted by Crippen LogP contribution is 2.34. The normalized spacial score (nSPS) is 22.7. The molecule has 2 aromatic rings. The smallest absolute Gasteiger partial charge is 0.220 e. The van der Waals surface area contributed by atoms with E-state index in [-0.39, 0.29) is 11.7 Å². The third kappa shape index (κ3) is 5.09. The van der Waals surface area contributed by atoms with E-state index < -0.39 is 0 Å². The molecule has 25 heavy (non-hydrogen) atoms. The zero-order valence-electron chi connectivity index (χ0n) is 14.8. The first kappa shape index (κ1) is 17.5. The number of hydrogen-bond donors (Lipinski definition) is 2. The molecule has 3 atom stereocenters. The molecule has 2 N–H and O–H groups in total. The Kier molecular flexibility index (Phi) is 5.75. The van der Waals surface area contributed by atoms with Crippen LogP contribution in [0.3, 0.4) is 0 Å². The number of phenolic OH excluding ortho intramolecular Hbond substituents is 1. The van der Waals surface area contributed by atoms with Crippen LogP contribution in [0.25, 0.3) is 0 Å². The molecular weight excluding hydrogens is 310 g/mol. The molecule has 0 radical (unpaired) electrons. The molecule has 3 rings (SSSR count). The highest BCUT2D eigenvalue weighted by atomic mass is 16.3. The highest BCUT2D eigenvalue weighted by Gasteiger charge is 2.31. The Hall–Kier alpha value is -2.29. The summed E-state index contributed by atoms with van der Waals surface area (Å²) in [4.78, 5) is 12.3. The maximum Gasteiger partial charge on any atom is 0.220 e. The van der Waals surface area contributed by atoms with Crippen molar-refractivity contribution in [3.05, 3.63) is 65.7 Å². The first-order valence-electron chi connectivity index (χ1n) is 9.21. The summed E-state index contributed by atoms with van der Waals surface area (Å²) in [6.45, 7) is 2.30. The third-order valence-corrected chi connectivity index (χ3v) is 5.33. The molecule has 0 bridgehead atoms. The number of aromatic hydroxyl groups is 1. The molecule has 0 saturated heterocycles. The molecule has 1 saturated carbocycles. The molecule has 1 fully saturated rings. The van der Waals surface area contributed by atoms with Crippen LogP contribution in [-0.2, 0) is 17.6 Å². The minimum atomic E-state index is 0.130. The van der Waals surface area contributed by atoms with Crippen molar-refractivity contribution in [3.8, 4) is 5.75 Å². The molecular formula is C22H27NO2. The van der Waals surface area contributed by atoms with Gasteiger partial charge in [-0.1, -0.05) is 49.4 Å². The number of carbonyl (C=O) groups excluding carboxylic acids is 1. The highest BCUT2D eigenvalue weighted by molar-refractivity contribution is 5.76. The number of carbonyl (C=O) groups is 1. The van der Waals surface area contributed by atoms with Crippen LogP contribution < -0.4 is 5.32 Å². The van der Waals surface area contributed by atoms with E-state index in [1.165, 1.54) is 5.56 Å². The predicted molar refractivity (Wildman–Crippen MR) is 100 cm³/mol. The van der Waals surface area contributed by atoms with Crippen molar-refractivity contribution in [3.63, 3.8) is 0 Å². The largest absolute Gasteiger partial charge is 0.508 e. The lowest BCUT2D eigenvalue weighted by Gasteiger charge is -2.15. The number of hydrogen-bond acceptors (Lipinski definition) is 2. The van der Waals surface area contributed by atoms with Crippen molar-refractivity contribution in [2.24, 2.45) is 11.8 Å². The van der Waals surface area contributed by atoms with Crippen molar-refractivity contribution in [1.82, 2.24) is 5.32 Å².